The average molecular weight is 235 g/mol. The quantitative estimate of drug-likeness (QED) is 0.819. The first-order chi connectivity index (χ1) is 7.84. The van der Waals surface area contributed by atoms with Gasteiger partial charge >= 0.3 is 5.97 Å². The molecule has 1 unspecified atom stereocenters. The van der Waals surface area contributed by atoms with E-state index in [0.717, 1.165) is 5.56 Å². The van der Waals surface area contributed by atoms with Crippen LogP contribution in [0.4, 0.5) is 0 Å². The lowest BCUT2D eigenvalue weighted by molar-refractivity contribution is -0.141. The molecule has 1 atom stereocenters. The molecule has 0 saturated heterocycles. The molecule has 0 saturated carbocycles. The third-order valence-electron chi connectivity index (χ3n) is 2.82. The summed E-state index contributed by atoms with van der Waals surface area (Å²) in [7, 11) is 1.37. The minimum absolute atomic E-state index is 0.130. The summed E-state index contributed by atoms with van der Waals surface area (Å²) in [5, 5.41) is 0. The van der Waals surface area contributed by atoms with E-state index in [1.807, 2.05) is 12.1 Å². The van der Waals surface area contributed by atoms with Crippen LogP contribution in [0.5, 0.6) is 0 Å². The molecule has 1 rings (SSSR count). The Kier molecular flexibility index (Phi) is 4.29. The van der Waals surface area contributed by atoms with Gasteiger partial charge in [-0.15, -0.1) is 0 Å². The lowest BCUT2D eigenvalue weighted by atomic mass is 9.86. The Balaban J connectivity index is 2.77. The highest BCUT2D eigenvalue weighted by atomic mass is 16.5. The highest BCUT2D eigenvalue weighted by molar-refractivity contribution is 5.70. The van der Waals surface area contributed by atoms with Crippen LogP contribution in [0, 0.1) is 0 Å². The van der Waals surface area contributed by atoms with E-state index in [-0.39, 0.29) is 23.8 Å². The van der Waals surface area contributed by atoms with Gasteiger partial charge in [-0.1, -0.05) is 45.0 Å². The Morgan fingerprint density at radius 1 is 1.29 bits per heavy atom. The maximum absolute atomic E-state index is 11.1. The minimum Gasteiger partial charge on any atom is -0.469 e. The molecule has 0 bridgehead atoms. The van der Waals surface area contributed by atoms with Gasteiger partial charge in [0.25, 0.3) is 0 Å². The third-order valence-corrected chi connectivity index (χ3v) is 2.82. The van der Waals surface area contributed by atoms with Crippen LogP contribution in [0.1, 0.15) is 44.4 Å². The van der Waals surface area contributed by atoms with E-state index in [1.54, 1.807) is 0 Å². The van der Waals surface area contributed by atoms with Crippen molar-refractivity contribution in [2.24, 2.45) is 5.73 Å². The van der Waals surface area contributed by atoms with Crippen molar-refractivity contribution in [3.05, 3.63) is 35.4 Å². The second kappa shape index (κ2) is 5.32. The highest BCUT2D eigenvalue weighted by Gasteiger charge is 2.15. The number of carbonyl (C=O) groups excluding carboxylic acids is 1. The van der Waals surface area contributed by atoms with Crippen LogP contribution < -0.4 is 5.73 Å². The van der Waals surface area contributed by atoms with E-state index < -0.39 is 0 Å². The topological polar surface area (TPSA) is 52.3 Å². The van der Waals surface area contributed by atoms with Gasteiger partial charge in [-0.3, -0.25) is 4.79 Å². The number of benzene rings is 1. The first-order valence-corrected chi connectivity index (χ1v) is 5.77. The number of carbonyl (C=O) groups is 1. The molecule has 94 valence electrons. The molecular formula is C14H21NO2. The summed E-state index contributed by atoms with van der Waals surface area (Å²) >= 11 is 0. The Labute approximate surface area is 103 Å². The van der Waals surface area contributed by atoms with E-state index in [2.05, 4.69) is 37.6 Å². The van der Waals surface area contributed by atoms with Crippen molar-refractivity contribution in [1.82, 2.24) is 0 Å². The molecular weight excluding hydrogens is 214 g/mol. The van der Waals surface area contributed by atoms with Crippen LogP contribution in [0.3, 0.4) is 0 Å². The Morgan fingerprint density at radius 2 is 1.82 bits per heavy atom. The zero-order valence-electron chi connectivity index (χ0n) is 11.0. The first-order valence-electron chi connectivity index (χ1n) is 5.77. The largest absolute Gasteiger partial charge is 0.469 e. The highest BCUT2D eigenvalue weighted by Crippen LogP contribution is 2.24. The predicted octanol–water partition coefficient (Wildman–Crippen LogP) is 2.55. The Bertz CT molecular complexity index is 376. The molecule has 0 spiro atoms. The van der Waals surface area contributed by atoms with Crippen molar-refractivity contribution >= 4 is 5.97 Å². The monoisotopic (exact) mass is 235 g/mol. The van der Waals surface area contributed by atoms with Gasteiger partial charge in [0.05, 0.1) is 13.5 Å². The van der Waals surface area contributed by atoms with Crippen molar-refractivity contribution in [2.75, 3.05) is 7.11 Å². The SMILES string of the molecule is COC(=O)CC(N)c1ccc(C(C)(C)C)cc1. The normalized spacial score (nSPS) is 13.2. The summed E-state index contributed by atoms with van der Waals surface area (Å²) in [5.74, 6) is -0.280. The summed E-state index contributed by atoms with van der Waals surface area (Å²) in [4.78, 5) is 11.1. The summed E-state index contributed by atoms with van der Waals surface area (Å²) in [6, 6.07) is 7.79. The van der Waals surface area contributed by atoms with Crippen LogP contribution in [0.15, 0.2) is 24.3 Å². The molecule has 1 aromatic carbocycles. The number of hydrogen-bond donors (Lipinski definition) is 1. The molecule has 0 amide bonds. The molecule has 0 radical (unpaired) electrons. The number of esters is 1. The minimum atomic E-state index is -0.295. The van der Waals surface area contributed by atoms with Crippen molar-refractivity contribution in [1.29, 1.82) is 0 Å². The van der Waals surface area contributed by atoms with Crippen LogP contribution >= 0.6 is 0 Å². The van der Waals surface area contributed by atoms with Crippen molar-refractivity contribution in [3.8, 4) is 0 Å². The molecule has 3 nitrogen and oxygen atoms in total. The Morgan fingerprint density at radius 3 is 2.24 bits per heavy atom. The van der Waals surface area contributed by atoms with Crippen molar-refractivity contribution in [3.63, 3.8) is 0 Å². The molecule has 0 heterocycles. The number of nitrogens with two attached hydrogens (primary N) is 1. The summed E-state index contributed by atoms with van der Waals surface area (Å²) in [5.41, 5.74) is 8.28. The van der Waals surface area contributed by atoms with Gasteiger partial charge in [-0.25, -0.2) is 0 Å². The van der Waals surface area contributed by atoms with Crippen molar-refractivity contribution < 1.29 is 9.53 Å². The van der Waals surface area contributed by atoms with Crippen LogP contribution in [0.2, 0.25) is 0 Å². The lowest BCUT2D eigenvalue weighted by Gasteiger charge is -2.20. The number of ether oxygens (including phenoxy) is 1. The number of hydrogen-bond acceptors (Lipinski definition) is 3. The van der Waals surface area contributed by atoms with Gasteiger partial charge in [0, 0.05) is 6.04 Å². The summed E-state index contributed by atoms with van der Waals surface area (Å²) < 4.78 is 4.60. The van der Waals surface area contributed by atoms with Crippen LogP contribution in [0.25, 0.3) is 0 Å². The molecule has 17 heavy (non-hydrogen) atoms. The molecule has 3 heteroatoms. The fourth-order valence-corrected chi connectivity index (χ4v) is 1.61. The van der Waals surface area contributed by atoms with Gasteiger partial charge in [-0.2, -0.15) is 0 Å². The van der Waals surface area contributed by atoms with E-state index >= 15 is 0 Å². The molecule has 1 aromatic rings. The number of methoxy groups -OCH3 is 1. The summed E-state index contributed by atoms with van der Waals surface area (Å²) in [6.07, 6.45) is 0.214. The second-order valence-corrected chi connectivity index (χ2v) is 5.26. The fraction of sp³-hybridized carbons (Fsp3) is 0.500. The van der Waals surface area contributed by atoms with Gasteiger partial charge in [-0.05, 0) is 16.5 Å². The van der Waals surface area contributed by atoms with Crippen molar-refractivity contribution in [2.45, 2.75) is 38.6 Å². The smallest absolute Gasteiger partial charge is 0.307 e. The summed E-state index contributed by atoms with van der Waals surface area (Å²) in [6.45, 7) is 6.49. The predicted molar refractivity (Wildman–Crippen MR) is 68.7 cm³/mol. The first kappa shape index (κ1) is 13.7. The second-order valence-electron chi connectivity index (χ2n) is 5.26. The molecule has 0 aliphatic heterocycles. The van der Waals surface area contributed by atoms with Gasteiger partial charge < -0.3 is 10.5 Å². The number of rotatable bonds is 3. The van der Waals surface area contributed by atoms with Crippen LogP contribution in [-0.2, 0) is 14.9 Å². The fourth-order valence-electron chi connectivity index (χ4n) is 1.61. The van der Waals surface area contributed by atoms with Crippen LogP contribution in [-0.4, -0.2) is 13.1 Å². The maximum atomic E-state index is 11.1. The van der Waals surface area contributed by atoms with Gasteiger partial charge in [0.15, 0.2) is 0 Å². The zero-order chi connectivity index (χ0) is 13.1. The average Bonchev–Trinajstić information content (AvgIpc) is 2.27. The molecule has 2 N–H and O–H groups in total. The maximum Gasteiger partial charge on any atom is 0.307 e. The molecule has 0 aromatic heterocycles. The Hall–Kier alpha value is -1.35. The molecule has 0 fully saturated rings. The zero-order valence-corrected chi connectivity index (χ0v) is 11.0. The molecule has 0 aliphatic rings. The van der Waals surface area contributed by atoms with E-state index in [1.165, 1.54) is 12.7 Å². The van der Waals surface area contributed by atoms with Gasteiger partial charge in [0.2, 0.25) is 0 Å². The molecule has 0 aliphatic carbocycles. The lowest BCUT2D eigenvalue weighted by Crippen LogP contribution is -2.17. The van der Waals surface area contributed by atoms with E-state index in [0.29, 0.717) is 0 Å². The van der Waals surface area contributed by atoms with Gasteiger partial charge in [0.1, 0.15) is 0 Å². The van der Waals surface area contributed by atoms with E-state index in [9.17, 15) is 4.79 Å². The third kappa shape index (κ3) is 3.86. The van der Waals surface area contributed by atoms with E-state index in [4.69, 9.17) is 5.73 Å². The standard InChI is InChI=1S/C14H21NO2/c1-14(2,3)11-7-5-10(6-8-11)12(15)9-13(16)17-4/h5-8,12H,9,15H2,1-4H3.